The molecular formula is C16H21N3O2S2. The molecule has 0 radical (unpaired) electrons. The first-order valence-corrected chi connectivity index (χ1v) is 9.16. The zero-order valence-electron chi connectivity index (χ0n) is 13.3. The van der Waals surface area contributed by atoms with Crippen LogP contribution in [0.3, 0.4) is 0 Å². The van der Waals surface area contributed by atoms with Gasteiger partial charge < -0.3 is 4.55 Å². The van der Waals surface area contributed by atoms with Crippen LogP contribution in [0.15, 0.2) is 41.8 Å². The van der Waals surface area contributed by atoms with Gasteiger partial charge in [-0.25, -0.2) is 0 Å². The van der Waals surface area contributed by atoms with E-state index in [1.54, 1.807) is 5.38 Å². The van der Waals surface area contributed by atoms with Crippen molar-refractivity contribution in [1.82, 2.24) is 10.2 Å². The van der Waals surface area contributed by atoms with E-state index in [0.29, 0.717) is 5.56 Å². The lowest BCUT2D eigenvalue weighted by molar-refractivity contribution is 0.234. The summed E-state index contributed by atoms with van der Waals surface area (Å²) >= 11 is 0.226. The standard InChI is InChI=1S/C16H21N3O2S2/c1-16(2,3)23(21)19-14(11-7-5-4-6-8-11)13-9-12(10-22-13)15(17)18-20/h4-10,14,19-20H,1-3H3,(H2,17,18)/t14?,23-/m0/s1. The predicted molar refractivity (Wildman–Crippen MR) is 95.4 cm³/mol. The second-order valence-electron chi connectivity index (χ2n) is 6.07. The Morgan fingerprint density at radius 1 is 1.30 bits per heavy atom. The SMILES string of the molecule is CC(C)(C)[S@+]([O-])NC(c1ccccc1)c1cc(C(=N)NO)cs1. The van der Waals surface area contributed by atoms with Gasteiger partial charge >= 0.3 is 0 Å². The molecule has 0 amide bonds. The van der Waals surface area contributed by atoms with Crippen molar-refractivity contribution in [2.45, 2.75) is 31.6 Å². The minimum atomic E-state index is -1.23. The van der Waals surface area contributed by atoms with Gasteiger partial charge in [-0.2, -0.15) is 0 Å². The lowest BCUT2D eigenvalue weighted by atomic mass is 10.1. The molecule has 2 atom stereocenters. The number of thiophene rings is 1. The van der Waals surface area contributed by atoms with Crippen molar-refractivity contribution in [3.05, 3.63) is 57.8 Å². The maximum Gasteiger partial charge on any atom is 0.150 e. The molecule has 4 N–H and O–H groups in total. The average molecular weight is 351 g/mol. The zero-order valence-corrected chi connectivity index (χ0v) is 14.9. The number of hydroxylamine groups is 1. The normalized spacial score (nSPS) is 14.3. The number of amidine groups is 1. The Morgan fingerprint density at radius 3 is 2.52 bits per heavy atom. The van der Waals surface area contributed by atoms with E-state index in [4.69, 9.17) is 10.6 Å². The second kappa shape index (κ2) is 7.46. The number of hydrogen-bond acceptors (Lipinski definition) is 5. The summed E-state index contributed by atoms with van der Waals surface area (Å²) in [4.78, 5) is 0.934. The van der Waals surface area contributed by atoms with E-state index in [1.807, 2.05) is 62.6 Å². The van der Waals surface area contributed by atoms with Gasteiger partial charge in [0.15, 0.2) is 0 Å². The third-order valence-electron chi connectivity index (χ3n) is 3.22. The van der Waals surface area contributed by atoms with Crippen LogP contribution in [0, 0.1) is 5.41 Å². The van der Waals surface area contributed by atoms with Crippen LogP contribution in [0.25, 0.3) is 0 Å². The summed E-state index contributed by atoms with van der Waals surface area (Å²) in [5, 5.41) is 18.3. The van der Waals surface area contributed by atoms with E-state index in [-0.39, 0.29) is 16.6 Å². The van der Waals surface area contributed by atoms with Gasteiger partial charge in [-0.05, 0) is 32.4 Å². The van der Waals surface area contributed by atoms with Crippen LogP contribution >= 0.6 is 11.3 Å². The molecule has 23 heavy (non-hydrogen) atoms. The van der Waals surface area contributed by atoms with Crippen molar-refractivity contribution in [1.29, 1.82) is 5.41 Å². The van der Waals surface area contributed by atoms with Crippen LogP contribution in [-0.4, -0.2) is 20.3 Å². The molecular weight excluding hydrogens is 330 g/mol. The van der Waals surface area contributed by atoms with Crippen molar-refractivity contribution in [2.24, 2.45) is 0 Å². The van der Waals surface area contributed by atoms with Crippen LogP contribution < -0.4 is 10.2 Å². The van der Waals surface area contributed by atoms with Crippen LogP contribution in [0.2, 0.25) is 0 Å². The third-order valence-corrected chi connectivity index (χ3v) is 5.78. The Labute approximate surface area is 143 Å². The molecule has 7 heteroatoms. The molecule has 0 aliphatic rings. The fourth-order valence-electron chi connectivity index (χ4n) is 1.92. The number of rotatable bonds is 5. The first-order chi connectivity index (χ1) is 10.8. The van der Waals surface area contributed by atoms with Crippen LogP contribution in [0.5, 0.6) is 0 Å². The summed E-state index contributed by atoms with van der Waals surface area (Å²) in [5.74, 6) is -0.0590. The van der Waals surface area contributed by atoms with Crippen LogP contribution in [0.1, 0.15) is 42.8 Å². The van der Waals surface area contributed by atoms with E-state index in [2.05, 4.69) is 4.72 Å². The summed E-state index contributed by atoms with van der Waals surface area (Å²) in [7, 11) is 0. The van der Waals surface area contributed by atoms with Crippen molar-refractivity contribution >= 4 is 28.5 Å². The Hall–Kier alpha value is -1.38. The van der Waals surface area contributed by atoms with E-state index >= 15 is 0 Å². The van der Waals surface area contributed by atoms with E-state index in [1.165, 1.54) is 11.3 Å². The van der Waals surface area contributed by atoms with Gasteiger partial charge in [0.25, 0.3) is 0 Å². The lowest BCUT2D eigenvalue weighted by Crippen LogP contribution is -2.41. The minimum absolute atomic E-state index is 0.0590. The van der Waals surface area contributed by atoms with Crippen molar-refractivity contribution in [3.8, 4) is 0 Å². The highest BCUT2D eigenvalue weighted by atomic mass is 32.2. The maximum absolute atomic E-state index is 12.5. The summed E-state index contributed by atoms with van der Waals surface area (Å²) in [6.07, 6.45) is 0. The molecule has 0 saturated carbocycles. The van der Waals surface area contributed by atoms with Gasteiger partial charge in [-0.3, -0.25) is 16.1 Å². The van der Waals surface area contributed by atoms with E-state index < -0.39 is 11.4 Å². The molecule has 1 aromatic heterocycles. The molecule has 124 valence electrons. The highest BCUT2D eigenvalue weighted by Crippen LogP contribution is 2.30. The number of hydrogen-bond donors (Lipinski definition) is 4. The Bertz CT molecular complexity index is 653. The topological polar surface area (TPSA) is 91.2 Å². The molecule has 2 aromatic rings. The molecule has 1 aromatic carbocycles. The predicted octanol–water partition coefficient (Wildman–Crippen LogP) is 3.19. The molecule has 2 rings (SSSR count). The maximum atomic E-state index is 12.5. The number of nitrogens with one attached hydrogen (secondary N) is 3. The van der Waals surface area contributed by atoms with Gasteiger partial charge in [-0.15, -0.1) is 16.1 Å². The van der Waals surface area contributed by atoms with Crippen molar-refractivity contribution < 1.29 is 9.76 Å². The fraction of sp³-hybridized carbons (Fsp3) is 0.312. The van der Waals surface area contributed by atoms with Gasteiger partial charge in [0.1, 0.15) is 16.6 Å². The largest absolute Gasteiger partial charge is 0.598 e. The average Bonchev–Trinajstić information content (AvgIpc) is 3.01. The summed E-state index contributed by atoms with van der Waals surface area (Å²) in [6, 6.07) is 11.4. The molecule has 0 bridgehead atoms. The first kappa shape index (κ1) is 18.0. The lowest BCUT2D eigenvalue weighted by Gasteiger charge is -2.27. The monoisotopic (exact) mass is 351 g/mol. The first-order valence-electron chi connectivity index (χ1n) is 7.13. The third kappa shape index (κ3) is 4.55. The minimum Gasteiger partial charge on any atom is -0.598 e. The van der Waals surface area contributed by atoms with E-state index in [9.17, 15) is 4.55 Å². The number of benzene rings is 1. The molecule has 0 fully saturated rings. The Kier molecular flexibility index (Phi) is 5.83. The molecule has 1 heterocycles. The Balaban J connectivity index is 2.34. The summed E-state index contributed by atoms with van der Waals surface area (Å²) < 4.78 is 15.3. The second-order valence-corrected chi connectivity index (χ2v) is 9.01. The van der Waals surface area contributed by atoms with Gasteiger partial charge in [-0.1, -0.05) is 30.3 Å². The van der Waals surface area contributed by atoms with Crippen molar-refractivity contribution in [3.63, 3.8) is 0 Å². The van der Waals surface area contributed by atoms with Gasteiger partial charge in [0.2, 0.25) is 0 Å². The molecule has 1 unspecified atom stereocenters. The van der Waals surface area contributed by atoms with Gasteiger partial charge in [0, 0.05) is 27.2 Å². The molecule has 0 saturated heterocycles. The van der Waals surface area contributed by atoms with Crippen LogP contribution in [-0.2, 0) is 11.4 Å². The molecule has 0 aliphatic carbocycles. The molecule has 0 aliphatic heterocycles. The summed E-state index contributed by atoms with van der Waals surface area (Å²) in [5.41, 5.74) is 3.44. The smallest absolute Gasteiger partial charge is 0.150 e. The fourth-order valence-corrected chi connectivity index (χ4v) is 3.80. The van der Waals surface area contributed by atoms with Crippen LogP contribution in [0.4, 0.5) is 0 Å². The van der Waals surface area contributed by atoms with E-state index in [0.717, 1.165) is 10.4 Å². The summed E-state index contributed by atoms with van der Waals surface area (Å²) in [6.45, 7) is 5.76. The molecule has 5 nitrogen and oxygen atoms in total. The van der Waals surface area contributed by atoms with Gasteiger partial charge in [0.05, 0.1) is 0 Å². The zero-order chi connectivity index (χ0) is 17.0. The quantitative estimate of drug-likeness (QED) is 0.288. The van der Waals surface area contributed by atoms with Crippen molar-refractivity contribution in [2.75, 3.05) is 0 Å². The molecule has 0 spiro atoms. The highest BCUT2D eigenvalue weighted by Gasteiger charge is 2.31. The Morgan fingerprint density at radius 2 is 1.96 bits per heavy atom. The highest BCUT2D eigenvalue weighted by molar-refractivity contribution is 7.90.